The van der Waals surface area contributed by atoms with Gasteiger partial charge in [0.15, 0.2) is 0 Å². The summed E-state index contributed by atoms with van der Waals surface area (Å²) in [5.74, 6) is 0. The summed E-state index contributed by atoms with van der Waals surface area (Å²) in [6.45, 7) is 27.8. The molecule has 0 spiro atoms. The largest absolute Gasteiger partial charge is 0.0560 e. The Hall–Kier alpha value is -2.69. The van der Waals surface area contributed by atoms with E-state index in [1.54, 1.807) is 22.3 Å². The van der Waals surface area contributed by atoms with Gasteiger partial charge in [0.25, 0.3) is 0 Å². The van der Waals surface area contributed by atoms with Gasteiger partial charge in [-0.1, -0.05) is 70.8 Å². The molecule has 1 saturated heterocycles. The molecular formula is C40H48P. The Labute approximate surface area is 251 Å². The topological polar surface area (TPSA) is 0 Å². The molecule has 0 saturated carbocycles. The molecule has 5 rings (SSSR count). The normalized spacial score (nSPS) is 15.9. The summed E-state index contributed by atoms with van der Waals surface area (Å²) in [6, 6.07) is 19.4. The Kier molecular flexibility index (Phi) is 7.66. The summed E-state index contributed by atoms with van der Waals surface area (Å²) in [7, 11) is 1.48. The monoisotopic (exact) mass is 559 g/mol. The zero-order valence-corrected chi connectivity index (χ0v) is 28.4. The molecule has 0 aliphatic carbocycles. The van der Waals surface area contributed by atoms with Gasteiger partial charge in [-0.2, -0.15) is 0 Å². The highest BCUT2D eigenvalue weighted by atomic mass is 31.1. The van der Waals surface area contributed by atoms with Crippen molar-refractivity contribution >= 4 is 8.58 Å². The van der Waals surface area contributed by atoms with Crippen LogP contribution >= 0.6 is 8.58 Å². The van der Waals surface area contributed by atoms with Gasteiger partial charge in [0.05, 0.1) is 0 Å². The van der Waals surface area contributed by atoms with Crippen LogP contribution in [0.5, 0.6) is 0 Å². The van der Waals surface area contributed by atoms with E-state index in [4.69, 9.17) is 0 Å². The maximum absolute atomic E-state index is 2.42. The third kappa shape index (κ3) is 4.81. The van der Waals surface area contributed by atoms with E-state index in [0.717, 1.165) is 12.8 Å². The van der Waals surface area contributed by atoms with Crippen LogP contribution in [0.1, 0.15) is 102 Å². The minimum Gasteiger partial charge on any atom is -0.0560 e. The van der Waals surface area contributed by atoms with Gasteiger partial charge in [-0.3, -0.25) is 0 Å². The number of rotatable bonds is 4. The van der Waals surface area contributed by atoms with Crippen molar-refractivity contribution in [2.24, 2.45) is 0 Å². The molecule has 1 fully saturated rings. The van der Waals surface area contributed by atoms with Crippen LogP contribution in [-0.2, 0) is 10.3 Å². The molecule has 1 heterocycles. The molecular weight excluding hydrogens is 511 g/mol. The maximum atomic E-state index is 2.42. The molecule has 1 aliphatic heterocycles. The summed E-state index contributed by atoms with van der Waals surface area (Å²) in [4.78, 5) is 0. The second kappa shape index (κ2) is 10.5. The summed E-state index contributed by atoms with van der Waals surface area (Å²) in [5, 5.41) is -0.200. The van der Waals surface area contributed by atoms with E-state index >= 15 is 0 Å². The van der Waals surface area contributed by atoms with E-state index in [9.17, 15) is 0 Å². The van der Waals surface area contributed by atoms with E-state index in [-0.39, 0.29) is 10.3 Å². The average molecular weight is 560 g/mol. The highest BCUT2D eigenvalue weighted by Gasteiger charge is 2.55. The van der Waals surface area contributed by atoms with Crippen LogP contribution in [0, 0.1) is 83.1 Å². The smallest absolute Gasteiger partial charge is 0.0464 e. The van der Waals surface area contributed by atoms with Crippen LogP contribution in [0.3, 0.4) is 0 Å². The van der Waals surface area contributed by atoms with Crippen LogP contribution in [0.2, 0.25) is 0 Å². The first-order valence-corrected chi connectivity index (χ1v) is 16.2. The summed E-state index contributed by atoms with van der Waals surface area (Å²) < 4.78 is 0. The maximum Gasteiger partial charge on any atom is 0.0464 e. The Morgan fingerprint density at radius 3 is 0.683 bits per heavy atom. The van der Waals surface area contributed by atoms with Crippen molar-refractivity contribution in [3.63, 3.8) is 0 Å². The van der Waals surface area contributed by atoms with E-state index in [1.165, 1.54) is 75.3 Å². The fourth-order valence-electron chi connectivity index (χ4n) is 9.10. The molecule has 0 N–H and O–H groups in total. The first-order valence-electron chi connectivity index (χ1n) is 15.3. The average Bonchev–Trinajstić information content (AvgIpc) is 3.16. The molecule has 0 nitrogen and oxygen atoms in total. The molecule has 0 bridgehead atoms. The SMILES string of the molecule is Cc1cc(C)c(C2(c3c(C)cc(C)cc3C)CCC(c3c(C)cc(C)cc3C)(c3c(C)cc(C)cc3C)[P]2)c(C)c1. The Balaban J connectivity index is 1.94. The Morgan fingerprint density at radius 2 is 0.512 bits per heavy atom. The van der Waals surface area contributed by atoms with Gasteiger partial charge < -0.3 is 0 Å². The number of benzene rings is 4. The van der Waals surface area contributed by atoms with Crippen molar-refractivity contribution < 1.29 is 0 Å². The number of aryl methyl sites for hydroxylation is 12. The fraction of sp³-hybridized carbons (Fsp3) is 0.400. The molecule has 1 aliphatic rings. The zero-order chi connectivity index (χ0) is 30.0. The van der Waals surface area contributed by atoms with Crippen LogP contribution in [0.15, 0.2) is 48.5 Å². The lowest BCUT2D eigenvalue weighted by Gasteiger charge is -2.41. The van der Waals surface area contributed by atoms with Gasteiger partial charge >= 0.3 is 0 Å². The van der Waals surface area contributed by atoms with Crippen molar-refractivity contribution in [2.75, 3.05) is 0 Å². The molecule has 0 aromatic heterocycles. The van der Waals surface area contributed by atoms with E-state index in [1.807, 2.05) is 0 Å². The van der Waals surface area contributed by atoms with E-state index in [2.05, 4.69) is 132 Å². The highest BCUT2D eigenvalue weighted by molar-refractivity contribution is 7.42. The minimum absolute atomic E-state index is 0.0999. The van der Waals surface area contributed by atoms with Gasteiger partial charge in [0.2, 0.25) is 0 Å². The lowest BCUT2D eigenvalue weighted by Crippen LogP contribution is -2.28. The lowest BCUT2D eigenvalue weighted by atomic mass is 9.73. The molecule has 1 heteroatoms. The first-order chi connectivity index (χ1) is 19.2. The summed E-state index contributed by atoms with van der Waals surface area (Å²) in [6.07, 6.45) is 2.26. The molecule has 41 heavy (non-hydrogen) atoms. The zero-order valence-electron chi connectivity index (χ0n) is 27.5. The third-order valence-electron chi connectivity index (χ3n) is 9.59. The number of hydrogen-bond acceptors (Lipinski definition) is 0. The quantitative estimate of drug-likeness (QED) is 0.218. The standard InChI is InChI=1S/C40H48P/c1-23-15-27(5)35(28(6)16-23)39(36-29(7)17-24(2)18-30(36)8)13-14-40(41-39,37-31(9)19-25(3)20-32(37)10)38-33(11)21-26(4)22-34(38)12/h15-22H,13-14H2,1-12H3. The Bertz CT molecular complexity index is 1350. The van der Waals surface area contributed by atoms with Gasteiger partial charge in [-0.25, -0.2) is 0 Å². The van der Waals surface area contributed by atoms with Crippen LogP contribution in [0.25, 0.3) is 0 Å². The Morgan fingerprint density at radius 1 is 0.341 bits per heavy atom. The fourth-order valence-corrected chi connectivity index (χ4v) is 12.1. The predicted octanol–water partition coefficient (Wildman–Crippen LogP) is 11.3. The summed E-state index contributed by atoms with van der Waals surface area (Å²) in [5.41, 5.74) is 23.1. The van der Waals surface area contributed by atoms with Crippen LogP contribution < -0.4 is 0 Å². The van der Waals surface area contributed by atoms with Crippen molar-refractivity contribution in [3.05, 3.63) is 138 Å². The van der Waals surface area contributed by atoms with Gasteiger partial charge in [0.1, 0.15) is 0 Å². The second-order valence-electron chi connectivity index (χ2n) is 13.4. The second-order valence-corrected chi connectivity index (χ2v) is 15.2. The van der Waals surface area contributed by atoms with Crippen LogP contribution in [0.4, 0.5) is 0 Å². The molecule has 4 aromatic rings. The molecule has 1 radical (unpaired) electrons. The van der Waals surface area contributed by atoms with Crippen LogP contribution in [-0.4, -0.2) is 0 Å². The lowest BCUT2D eigenvalue weighted by molar-refractivity contribution is 0.596. The number of hydrogen-bond donors (Lipinski definition) is 0. The predicted molar refractivity (Wildman–Crippen MR) is 180 cm³/mol. The minimum atomic E-state index is -0.0999. The van der Waals surface area contributed by atoms with Crippen molar-refractivity contribution in [2.45, 2.75) is 106 Å². The molecule has 213 valence electrons. The van der Waals surface area contributed by atoms with Gasteiger partial charge in [-0.05, 0) is 171 Å². The van der Waals surface area contributed by atoms with Crippen molar-refractivity contribution in [3.8, 4) is 0 Å². The van der Waals surface area contributed by atoms with E-state index in [0.29, 0.717) is 0 Å². The molecule has 0 amide bonds. The molecule has 4 aromatic carbocycles. The van der Waals surface area contributed by atoms with Crippen molar-refractivity contribution in [1.29, 1.82) is 0 Å². The summed E-state index contributed by atoms with van der Waals surface area (Å²) >= 11 is 0. The van der Waals surface area contributed by atoms with Gasteiger partial charge in [0, 0.05) is 10.3 Å². The van der Waals surface area contributed by atoms with Crippen molar-refractivity contribution in [1.82, 2.24) is 0 Å². The molecule has 0 unspecified atom stereocenters. The van der Waals surface area contributed by atoms with Gasteiger partial charge in [-0.15, -0.1) is 0 Å². The third-order valence-corrected chi connectivity index (χ3v) is 11.7. The molecule has 0 atom stereocenters. The first kappa shape index (κ1) is 29.8. The van der Waals surface area contributed by atoms with E-state index < -0.39 is 0 Å². The highest BCUT2D eigenvalue weighted by Crippen LogP contribution is 2.72.